The van der Waals surface area contributed by atoms with Crippen LogP contribution >= 0.6 is 0 Å². The molecule has 1 atom stereocenters. The van der Waals surface area contributed by atoms with Crippen LogP contribution in [0.2, 0.25) is 0 Å². The highest BCUT2D eigenvalue weighted by atomic mass is 19.4. The molecule has 0 unspecified atom stereocenters. The number of hydrogen-bond donors (Lipinski definition) is 1. The van der Waals surface area contributed by atoms with E-state index in [1.165, 1.54) is 12.1 Å². The molecule has 34 heavy (non-hydrogen) atoms. The van der Waals surface area contributed by atoms with Gasteiger partial charge in [0.2, 0.25) is 5.54 Å². The number of carbonyl (C=O) groups is 3. The summed E-state index contributed by atoms with van der Waals surface area (Å²) in [7, 11) is 0. The van der Waals surface area contributed by atoms with Gasteiger partial charge in [0, 0.05) is 24.2 Å². The zero-order chi connectivity index (χ0) is 25.7. The van der Waals surface area contributed by atoms with Crippen LogP contribution in [0.25, 0.3) is 0 Å². The first-order valence-electron chi connectivity index (χ1n) is 11.6. The number of hydrogen-bond acceptors (Lipinski definition) is 3. The van der Waals surface area contributed by atoms with Crippen LogP contribution in [0.15, 0.2) is 35.5 Å². The highest BCUT2D eigenvalue weighted by Gasteiger charge is 2.71. The maximum atomic E-state index is 14.7. The van der Waals surface area contributed by atoms with Crippen molar-refractivity contribution in [3.8, 4) is 0 Å². The van der Waals surface area contributed by atoms with Gasteiger partial charge in [0.05, 0.1) is 5.57 Å². The van der Waals surface area contributed by atoms with Crippen LogP contribution in [0.1, 0.15) is 83.1 Å². The zero-order valence-corrected chi connectivity index (χ0v) is 20.7. The van der Waals surface area contributed by atoms with Crippen molar-refractivity contribution in [2.45, 2.75) is 84.4 Å². The Morgan fingerprint density at radius 3 is 2.15 bits per heavy atom. The molecule has 0 spiro atoms. The average Bonchev–Trinajstić information content (AvgIpc) is 2.93. The molecule has 1 heterocycles. The maximum absolute atomic E-state index is 14.7. The number of rotatable bonds is 5. The lowest BCUT2D eigenvalue weighted by Gasteiger charge is -2.35. The number of allylic oxidation sites excluding steroid dienone is 1. The fourth-order valence-electron chi connectivity index (χ4n) is 4.74. The van der Waals surface area contributed by atoms with E-state index in [-0.39, 0.29) is 36.1 Å². The molecule has 1 N–H and O–H groups in total. The minimum absolute atomic E-state index is 0.0119. The topological polar surface area (TPSA) is 66.5 Å². The Balaban J connectivity index is 2.11. The molecule has 0 radical (unpaired) electrons. The molecule has 0 bridgehead atoms. The van der Waals surface area contributed by atoms with Crippen LogP contribution in [0, 0.1) is 5.41 Å². The molecular formula is C26H33F3N2O3. The van der Waals surface area contributed by atoms with E-state index in [2.05, 4.69) is 0 Å². The molecule has 8 heteroatoms. The number of unbranched alkanes of at least 4 members (excludes halogenated alkanes) is 1. The standard InChI is InChI=1S/C26H33F3N2O3/c1-7-8-13-31-18-14-24(5,6)15-19(32)20(18)25(22(31)34,26(27,28)29)30-21(33)16-9-11-17(12-10-16)23(2,3)4/h9-12H,7-8,13-15H2,1-6H3,(H,30,33)/t25-/m1/s1. The highest BCUT2D eigenvalue weighted by molar-refractivity contribution is 6.14. The van der Waals surface area contributed by atoms with Crippen molar-refractivity contribution in [1.29, 1.82) is 0 Å². The Morgan fingerprint density at radius 2 is 1.65 bits per heavy atom. The summed E-state index contributed by atoms with van der Waals surface area (Å²) in [6.07, 6.45) is -4.03. The number of Topliss-reactive ketones (excluding diaryl/α,β-unsaturated/α-hetero) is 1. The Hall–Kier alpha value is -2.64. The van der Waals surface area contributed by atoms with Crippen molar-refractivity contribution >= 4 is 17.6 Å². The van der Waals surface area contributed by atoms with Gasteiger partial charge in [-0.1, -0.05) is 60.1 Å². The molecule has 1 aromatic carbocycles. The third kappa shape index (κ3) is 4.39. The van der Waals surface area contributed by atoms with Crippen molar-refractivity contribution in [2.75, 3.05) is 6.54 Å². The molecule has 5 nitrogen and oxygen atoms in total. The van der Waals surface area contributed by atoms with Gasteiger partial charge in [-0.2, -0.15) is 13.2 Å². The molecule has 2 aliphatic rings. The first kappa shape index (κ1) is 26.0. The summed E-state index contributed by atoms with van der Waals surface area (Å²) in [6, 6.07) is 6.24. The maximum Gasteiger partial charge on any atom is 0.425 e. The molecule has 1 aliphatic heterocycles. The fraction of sp³-hybridized carbons (Fsp3) is 0.577. The number of nitrogens with one attached hydrogen (secondary N) is 1. The second kappa shape index (κ2) is 8.54. The van der Waals surface area contributed by atoms with Gasteiger partial charge in [-0.05, 0) is 41.4 Å². The third-order valence-electron chi connectivity index (χ3n) is 6.59. The second-order valence-electron chi connectivity index (χ2n) is 11.1. The van der Waals surface area contributed by atoms with E-state index in [9.17, 15) is 27.6 Å². The fourth-order valence-corrected chi connectivity index (χ4v) is 4.74. The summed E-state index contributed by atoms with van der Waals surface area (Å²) < 4.78 is 44.2. The van der Waals surface area contributed by atoms with E-state index in [1.54, 1.807) is 26.0 Å². The number of halogens is 3. The van der Waals surface area contributed by atoms with E-state index < -0.39 is 40.3 Å². The molecule has 1 aromatic rings. The van der Waals surface area contributed by atoms with E-state index in [0.29, 0.717) is 12.8 Å². The quantitative estimate of drug-likeness (QED) is 0.625. The number of benzene rings is 1. The first-order chi connectivity index (χ1) is 15.5. The smallest absolute Gasteiger partial charge is 0.326 e. The number of alkyl halides is 3. The van der Waals surface area contributed by atoms with E-state index >= 15 is 0 Å². The minimum Gasteiger partial charge on any atom is -0.326 e. The van der Waals surface area contributed by atoms with Crippen LogP contribution in [0.3, 0.4) is 0 Å². The van der Waals surface area contributed by atoms with Crippen LogP contribution in [0.4, 0.5) is 13.2 Å². The van der Waals surface area contributed by atoms with Crippen molar-refractivity contribution in [3.63, 3.8) is 0 Å². The van der Waals surface area contributed by atoms with Gasteiger partial charge >= 0.3 is 6.18 Å². The van der Waals surface area contributed by atoms with Crippen molar-refractivity contribution in [1.82, 2.24) is 10.2 Å². The van der Waals surface area contributed by atoms with Crippen LogP contribution in [-0.2, 0) is 15.0 Å². The lowest BCUT2D eigenvalue weighted by molar-refractivity contribution is -0.190. The van der Waals surface area contributed by atoms with Crippen LogP contribution in [-0.4, -0.2) is 40.8 Å². The number of nitrogens with zero attached hydrogens (tertiary/aromatic N) is 1. The predicted octanol–water partition coefficient (Wildman–Crippen LogP) is 5.30. The SMILES string of the molecule is CCCCN1C(=O)[C@@](NC(=O)c2ccc(C(C)(C)C)cc2)(C(F)(F)F)C2=C1CC(C)(C)CC2=O. The summed E-state index contributed by atoms with van der Waals surface area (Å²) in [5, 5.41) is 1.99. The van der Waals surface area contributed by atoms with Gasteiger partial charge < -0.3 is 10.2 Å². The van der Waals surface area contributed by atoms with Gasteiger partial charge in [-0.3, -0.25) is 14.4 Å². The van der Waals surface area contributed by atoms with Crippen molar-refractivity contribution in [2.24, 2.45) is 5.41 Å². The third-order valence-corrected chi connectivity index (χ3v) is 6.59. The largest absolute Gasteiger partial charge is 0.425 e. The zero-order valence-electron chi connectivity index (χ0n) is 20.7. The Morgan fingerprint density at radius 1 is 1.06 bits per heavy atom. The van der Waals surface area contributed by atoms with Gasteiger partial charge in [0.15, 0.2) is 5.78 Å². The van der Waals surface area contributed by atoms with Gasteiger partial charge in [-0.15, -0.1) is 0 Å². The minimum atomic E-state index is -5.19. The summed E-state index contributed by atoms with van der Waals surface area (Å²) in [6.45, 7) is 11.4. The van der Waals surface area contributed by atoms with Gasteiger partial charge in [0.1, 0.15) is 0 Å². The Kier molecular flexibility index (Phi) is 6.52. The van der Waals surface area contributed by atoms with Crippen LogP contribution in [0.5, 0.6) is 0 Å². The summed E-state index contributed by atoms with van der Waals surface area (Å²) in [5.41, 5.74) is -3.82. The lowest BCUT2D eigenvalue weighted by Crippen LogP contribution is -2.66. The lowest BCUT2D eigenvalue weighted by atomic mass is 9.72. The summed E-state index contributed by atoms with van der Waals surface area (Å²) >= 11 is 0. The molecule has 0 fully saturated rings. The molecule has 3 rings (SSSR count). The summed E-state index contributed by atoms with van der Waals surface area (Å²) in [4.78, 5) is 40.7. The summed E-state index contributed by atoms with van der Waals surface area (Å²) in [5.74, 6) is -3.10. The predicted molar refractivity (Wildman–Crippen MR) is 123 cm³/mol. The van der Waals surface area contributed by atoms with Gasteiger partial charge in [-0.25, -0.2) is 0 Å². The molecule has 0 aromatic heterocycles. The number of amides is 2. The normalized spacial score (nSPS) is 22.8. The van der Waals surface area contributed by atoms with Gasteiger partial charge in [0.25, 0.3) is 11.8 Å². The van der Waals surface area contributed by atoms with E-state index in [4.69, 9.17) is 0 Å². The molecule has 1 aliphatic carbocycles. The molecule has 0 saturated carbocycles. The monoisotopic (exact) mass is 478 g/mol. The second-order valence-corrected chi connectivity index (χ2v) is 11.1. The molecule has 186 valence electrons. The van der Waals surface area contributed by atoms with E-state index in [0.717, 1.165) is 10.5 Å². The first-order valence-corrected chi connectivity index (χ1v) is 11.6. The Labute approximate surface area is 198 Å². The molecule has 2 amide bonds. The highest BCUT2D eigenvalue weighted by Crippen LogP contribution is 2.51. The number of carbonyl (C=O) groups excluding carboxylic acids is 3. The van der Waals surface area contributed by atoms with Crippen molar-refractivity contribution < 1.29 is 27.6 Å². The van der Waals surface area contributed by atoms with Crippen LogP contribution < -0.4 is 5.32 Å². The molecular weight excluding hydrogens is 445 g/mol. The molecule has 0 saturated heterocycles. The number of ketones is 1. The Bertz CT molecular complexity index is 1030. The van der Waals surface area contributed by atoms with Crippen molar-refractivity contribution in [3.05, 3.63) is 46.7 Å². The van der Waals surface area contributed by atoms with E-state index in [1.807, 2.05) is 33.0 Å². The average molecular weight is 479 g/mol.